The summed E-state index contributed by atoms with van der Waals surface area (Å²) in [6.45, 7) is 5.91. The molecule has 2 aliphatic heterocycles. The van der Waals surface area contributed by atoms with Gasteiger partial charge in [0.25, 0.3) is 0 Å². The van der Waals surface area contributed by atoms with Crippen molar-refractivity contribution in [1.29, 1.82) is 0 Å². The first-order chi connectivity index (χ1) is 15.2. The van der Waals surface area contributed by atoms with E-state index in [9.17, 15) is 0 Å². The maximum absolute atomic E-state index is 5.66. The molecule has 7 nitrogen and oxygen atoms in total. The van der Waals surface area contributed by atoms with Gasteiger partial charge in [0.15, 0.2) is 17.5 Å². The van der Waals surface area contributed by atoms with Crippen LogP contribution in [-0.4, -0.2) is 46.2 Å². The second-order valence-electron chi connectivity index (χ2n) is 7.82. The maximum Gasteiger partial charge on any atom is 0.231 e. The second-order valence-corrected chi connectivity index (χ2v) is 7.82. The van der Waals surface area contributed by atoms with Gasteiger partial charge in [-0.3, -0.25) is 4.99 Å². The lowest BCUT2D eigenvalue weighted by Gasteiger charge is -2.38. The van der Waals surface area contributed by atoms with Crippen LogP contribution in [0.4, 0.5) is 0 Å². The van der Waals surface area contributed by atoms with Crippen LogP contribution in [0.15, 0.2) is 47.5 Å². The van der Waals surface area contributed by atoms with Crippen LogP contribution in [0.5, 0.6) is 17.2 Å². The minimum absolute atomic E-state index is 0.000632. The number of guanidine groups is 1. The second kappa shape index (κ2) is 9.92. The van der Waals surface area contributed by atoms with Crippen molar-refractivity contribution in [2.24, 2.45) is 4.99 Å². The van der Waals surface area contributed by atoms with E-state index in [2.05, 4.69) is 39.9 Å². The monoisotopic (exact) mass is 425 g/mol. The molecule has 2 aliphatic rings. The van der Waals surface area contributed by atoms with Crippen molar-refractivity contribution in [3.8, 4) is 17.2 Å². The molecule has 2 heterocycles. The van der Waals surface area contributed by atoms with Crippen LogP contribution >= 0.6 is 0 Å². The predicted octanol–water partition coefficient (Wildman–Crippen LogP) is 3.23. The number of fused-ring (bicyclic) bond motifs is 1. The number of rotatable bonds is 7. The zero-order valence-electron chi connectivity index (χ0n) is 18.3. The van der Waals surface area contributed by atoms with Crippen molar-refractivity contribution in [3.63, 3.8) is 0 Å². The van der Waals surface area contributed by atoms with Crippen LogP contribution in [0.2, 0.25) is 0 Å². The quantitative estimate of drug-likeness (QED) is 0.524. The molecule has 7 heteroatoms. The van der Waals surface area contributed by atoms with Crippen LogP contribution in [0.3, 0.4) is 0 Å². The third-order valence-corrected chi connectivity index (χ3v) is 5.94. The van der Waals surface area contributed by atoms with E-state index in [0.29, 0.717) is 13.2 Å². The standard InChI is InChI=1S/C24H31N3O4/c1-3-29-20-7-5-19(6-8-20)24(10-12-28-13-11-24)16-27-23(25-2)26-15-18-4-9-21-22(14-18)31-17-30-21/h4-9,14H,3,10-13,15-17H2,1-2H3,(H2,25,26,27). The minimum Gasteiger partial charge on any atom is -0.494 e. The van der Waals surface area contributed by atoms with E-state index in [0.717, 1.165) is 61.4 Å². The van der Waals surface area contributed by atoms with Crippen LogP contribution in [0.25, 0.3) is 0 Å². The fourth-order valence-electron chi connectivity index (χ4n) is 4.11. The molecule has 166 valence electrons. The van der Waals surface area contributed by atoms with Crippen molar-refractivity contribution in [2.75, 3.05) is 40.2 Å². The summed E-state index contributed by atoms with van der Waals surface area (Å²) in [7, 11) is 1.79. The highest BCUT2D eigenvalue weighted by Crippen LogP contribution is 2.35. The molecule has 0 saturated carbocycles. The Kier molecular flexibility index (Phi) is 6.82. The molecule has 0 unspecified atom stereocenters. The van der Waals surface area contributed by atoms with Crippen LogP contribution in [0.1, 0.15) is 30.9 Å². The van der Waals surface area contributed by atoms with E-state index in [-0.39, 0.29) is 12.2 Å². The molecule has 2 N–H and O–H groups in total. The smallest absolute Gasteiger partial charge is 0.231 e. The fourth-order valence-corrected chi connectivity index (χ4v) is 4.11. The number of nitrogens with zero attached hydrogens (tertiary/aromatic N) is 1. The predicted molar refractivity (Wildman–Crippen MR) is 120 cm³/mol. The molecule has 0 aliphatic carbocycles. The van der Waals surface area contributed by atoms with E-state index in [1.807, 2.05) is 25.1 Å². The first-order valence-electron chi connectivity index (χ1n) is 10.9. The highest BCUT2D eigenvalue weighted by atomic mass is 16.7. The Hall–Kier alpha value is -2.93. The maximum atomic E-state index is 5.66. The number of hydrogen-bond donors (Lipinski definition) is 2. The molecule has 0 atom stereocenters. The summed E-state index contributed by atoms with van der Waals surface area (Å²) in [6.07, 6.45) is 1.93. The highest BCUT2D eigenvalue weighted by molar-refractivity contribution is 5.79. The topological polar surface area (TPSA) is 73.3 Å². The lowest BCUT2D eigenvalue weighted by atomic mass is 9.74. The molecule has 1 saturated heterocycles. The van der Waals surface area contributed by atoms with Gasteiger partial charge < -0.3 is 29.6 Å². The Labute approximate surface area is 183 Å². The summed E-state index contributed by atoms with van der Waals surface area (Å²) < 4.78 is 22.1. The molecule has 2 aromatic carbocycles. The summed E-state index contributed by atoms with van der Waals surface area (Å²) in [5.74, 6) is 3.26. The molecule has 1 fully saturated rings. The van der Waals surface area contributed by atoms with E-state index in [1.165, 1.54) is 5.56 Å². The van der Waals surface area contributed by atoms with Crippen molar-refractivity contribution >= 4 is 5.96 Å². The summed E-state index contributed by atoms with van der Waals surface area (Å²) in [4.78, 5) is 4.41. The number of hydrogen-bond acceptors (Lipinski definition) is 5. The zero-order valence-corrected chi connectivity index (χ0v) is 18.3. The van der Waals surface area contributed by atoms with Crippen molar-refractivity contribution < 1.29 is 18.9 Å². The Bertz CT molecular complexity index is 892. The van der Waals surface area contributed by atoms with Gasteiger partial charge in [-0.15, -0.1) is 0 Å². The average molecular weight is 426 g/mol. The first-order valence-corrected chi connectivity index (χ1v) is 10.9. The van der Waals surface area contributed by atoms with Crippen LogP contribution < -0.4 is 24.8 Å². The van der Waals surface area contributed by atoms with Gasteiger partial charge >= 0.3 is 0 Å². The van der Waals surface area contributed by atoms with Gasteiger partial charge in [0.05, 0.1) is 6.61 Å². The number of nitrogens with one attached hydrogen (secondary N) is 2. The molecular formula is C24H31N3O4. The average Bonchev–Trinajstić information content (AvgIpc) is 3.28. The Balaban J connectivity index is 1.39. The van der Waals surface area contributed by atoms with E-state index >= 15 is 0 Å². The van der Waals surface area contributed by atoms with Crippen molar-refractivity contribution in [3.05, 3.63) is 53.6 Å². The molecule has 0 bridgehead atoms. The van der Waals surface area contributed by atoms with E-state index < -0.39 is 0 Å². The first kappa shape index (κ1) is 21.3. The molecular weight excluding hydrogens is 394 g/mol. The van der Waals surface area contributed by atoms with Crippen LogP contribution in [-0.2, 0) is 16.7 Å². The number of ether oxygens (including phenoxy) is 4. The summed E-state index contributed by atoms with van der Waals surface area (Å²) >= 11 is 0. The van der Waals surface area contributed by atoms with Gasteiger partial charge in [0.2, 0.25) is 6.79 Å². The fraction of sp³-hybridized carbons (Fsp3) is 0.458. The van der Waals surface area contributed by atoms with Crippen LogP contribution in [0, 0.1) is 0 Å². The van der Waals surface area contributed by atoms with Gasteiger partial charge in [-0.1, -0.05) is 18.2 Å². The van der Waals surface area contributed by atoms with Gasteiger partial charge in [0, 0.05) is 38.8 Å². The molecule has 0 radical (unpaired) electrons. The summed E-state index contributed by atoms with van der Waals surface area (Å²) in [5, 5.41) is 6.94. The lowest BCUT2D eigenvalue weighted by molar-refractivity contribution is 0.0513. The van der Waals surface area contributed by atoms with Gasteiger partial charge in [-0.05, 0) is 55.2 Å². The van der Waals surface area contributed by atoms with Crippen molar-refractivity contribution in [2.45, 2.75) is 31.7 Å². The van der Waals surface area contributed by atoms with E-state index in [1.54, 1.807) is 7.05 Å². The third kappa shape index (κ3) is 5.05. The zero-order chi connectivity index (χ0) is 21.5. The number of benzene rings is 2. The van der Waals surface area contributed by atoms with Gasteiger partial charge in [0.1, 0.15) is 5.75 Å². The largest absolute Gasteiger partial charge is 0.494 e. The molecule has 31 heavy (non-hydrogen) atoms. The molecule has 4 rings (SSSR count). The summed E-state index contributed by atoms with van der Waals surface area (Å²) in [6, 6.07) is 14.5. The molecule has 0 spiro atoms. The SMILES string of the molecule is CCOc1ccc(C2(CNC(=NC)NCc3ccc4c(c3)OCO4)CCOCC2)cc1. The molecule has 0 aromatic heterocycles. The third-order valence-electron chi connectivity index (χ3n) is 5.94. The Morgan fingerprint density at radius 3 is 2.55 bits per heavy atom. The molecule has 2 aromatic rings. The highest BCUT2D eigenvalue weighted by Gasteiger charge is 2.34. The van der Waals surface area contributed by atoms with E-state index in [4.69, 9.17) is 18.9 Å². The Morgan fingerprint density at radius 1 is 1.03 bits per heavy atom. The minimum atomic E-state index is -0.000632. The summed E-state index contributed by atoms with van der Waals surface area (Å²) in [5.41, 5.74) is 2.41. The van der Waals surface area contributed by atoms with Gasteiger partial charge in [-0.25, -0.2) is 0 Å². The molecule has 0 amide bonds. The van der Waals surface area contributed by atoms with Gasteiger partial charge in [-0.2, -0.15) is 0 Å². The lowest BCUT2D eigenvalue weighted by Crippen LogP contribution is -2.47. The Morgan fingerprint density at radius 2 is 1.81 bits per heavy atom. The van der Waals surface area contributed by atoms with Crippen molar-refractivity contribution in [1.82, 2.24) is 10.6 Å². The normalized spacial score (nSPS) is 17.3. The number of aliphatic imine (C=N–C) groups is 1.